The van der Waals surface area contributed by atoms with Crippen LogP contribution in [-0.2, 0) is 6.54 Å². The number of nitrogens with zero attached hydrogens (tertiary/aromatic N) is 3. The normalized spacial score (nSPS) is 16.0. The standard InChI is InChI=1S/C21H27N5O/c1-24-12-14-25(15-13-24)10-5-11-26-20-9-8-18(16-19(20)23-21(26)27)22-17-6-3-2-4-7-17/h2-4,6-9,16,22H,5,10-15H2,1H3,(H,23,27). The van der Waals surface area contributed by atoms with Crippen LogP contribution in [0.1, 0.15) is 6.42 Å². The number of hydrogen-bond donors (Lipinski definition) is 2. The molecule has 1 aromatic heterocycles. The van der Waals surface area contributed by atoms with Crippen molar-refractivity contribution < 1.29 is 0 Å². The van der Waals surface area contributed by atoms with Gasteiger partial charge in [-0.15, -0.1) is 0 Å². The molecule has 0 radical (unpaired) electrons. The Morgan fingerprint density at radius 3 is 2.52 bits per heavy atom. The number of piperazine rings is 1. The Hall–Kier alpha value is -2.57. The number of hydrogen-bond acceptors (Lipinski definition) is 4. The fraction of sp³-hybridized carbons (Fsp3) is 0.381. The number of anilines is 2. The summed E-state index contributed by atoms with van der Waals surface area (Å²) in [4.78, 5) is 20.2. The van der Waals surface area contributed by atoms with E-state index in [0.29, 0.717) is 0 Å². The molecule has 27 heavy (non-hydrogen) atoms. The van der Waals surface area contributed by atoms with E-state index in [1.54, 1.807) is 0 Å². The first kappa shape index (κ1) is 17.8. The molecule has 0 saturated carbocycles. The molecule has 142 valence electrons. The Kier molecular flexibility index (Phi) is 5.27. The van der Waals surface area contributed by atoms with Crippen LogP contribution in [0, 0.1) is 0 Å². The van der Waals surface area contributed by atoms with Gasteiger partial charge in [-0.1, -0.05) is 18.2 Å². The van der Waals surface area contributed by atoms with Gasteiger partial charge in [-0.05, 0) is 50.3 Å². The zero-order valence-corrected chi connectivity index (χ0v) is 15.8. The van der Waals surface area contributed by atoms with E-state index in [-0.39, 0.29) is 5.69 Å². The zero-order chi connectivity index (χ0) is 18.6. The maximum absolute atomic E-state index is 12.4. The van der Waals surface area contributed by atoms with Crippen LogP contribution < -0.4 is 11.0 Å². The first-order valence-corrected chi connectivity index (χ1v) is 9.64. The molecule has 2 aromatic carbocycles. The molecular weight excluding hydrogens is 338 g/mol. The third-order valence-corrected chi connectivity index (χ3v) is 5.29. The molecule has 0 aliphatic carbocycles. The van der Waals surface area contributed by atoms with Crippen molar-refractivity contribution in [2.75, 3.05) is 45.1 Å². The molecule has 0 amide bonds. The van der Waals surface area contributed by atoms with Crippen LogP contribution in [0.5, 0.6) is 0 Å². The molecule has 6 heteroatoms. The summed E-state index contributed by atoms with van der Waals surface area (Å²) >= 11 is 0. The molecule has 1 fully saturated rings. The fourth-order valence-electron chi connectivity index (χ4n) is 3.68. The Balaban J connectivity index is 1.42. The SMILES string of the molecule is CN1CCN(CCCn2c(=O)[nH]c3cc(Nc4ccccc4)ccc32)CC1. The number of para-hydroxylation sites is 1. The summed E-state index contributed by atoms with van der Waals surface area (Å²) in [5.74, 6) is 0. The monoisotopic (exact) mass is 365 g/mol. The van der Waals surface area contributed by atoms with Crippen LogP contribution in [0.3, 0.4) is 0 Å². The van der Waals surface area contributed by atoms with E-state index in [1.807, 2.05) is 53.1 Å². The molecule has 0 unspecified atom stereocenters. The van der Waals surface area contributed by atoms with Gasteiger partial charge in [0.15, 0.2) is 0 Å². The van der Waals surface area contributed by atoms with E-state index in [4.69, 9.17) is 0 Å². The van der Waals surface area contributed by atoms with Gasteiger partial charge in [-0.25, -0.2) is 4.79 Å². The molecule has 2 N–H and O–H groups in total. The highest BCUT2D eigenvalue weighted by Crippen LogP contribution is 2.20. The van der Waals surface area contributed by atoms with E-state index >= 15 is 0 Å². The summed E-state index contributed by atoms with van der Waals surface area (Å²) in [7, 11) is 2.17. The van der Waals surface area contributed by atoms with Gasteiger partial charge in [-0.2, -0.15) is 0 Å². The number of rotatable bonds is 6. The maximum atomic E-state index is 12.4. The van der Waals surface area contributed by atoms with Gasteiger partial charge in [0.25, 0.3) is 0 Å². The summed E-state index contributed by atoms with van der Waals surface area (Å²) < 4.78 is 1.86. The van der Waals surface area contributed by atoms with Crippen molar-refractivity contribution in [3.63, 3.8) is 0 Å². The molecule has 1 saturated heterocycles. The van der Waals surface area contributed by atoms with E-state index in [9.17, 15) is 4.79 Å². The Morgan fingerprint density at radius 1 is 0.963 bits per heavy atom. The number of fused-ring (bicyclic) bond motifs is 1. The number of aryl methyl sites for hydroxylation is 1. The van der Waals surface area contributed by atoms with E-state index in [1.165, 1.54) is 0 Å². The summed E-state index contributed by atoms with van der Waals surface area (Å²) in [6.07, 6.45) is 0.987. The number of nitrogens with one attached hydrogen (secondary N) is 2. The number of benzene rings is 2. The molecule has 6 nitrogen and oxygen atoms in total. The second-order valence-electron chi connectivity index (χ2n) is 7.30. The first-order valence-electron chi connectivity index (χ1n) is 9.64. The third kappa shape index (κ3) is 4.23. The lowest BCUT2D eigenvalue weighted by atomic mass is 10.2. The van der Waals surface area contributed by atoms with Gasteiger partial charge in [0, 0.05) is 44.1 Å². The van der Waals surface area contributed by atoms with Crippen LogP contribution in [0.4, 0.5) is 11.4 Å². The van der Waals surface area contributed by atoms with Crippen LogP contribution in [0.2, 0.25) is 0 Å². The van der Waals surface area contributed by atoms with Crippen molar-refractivity contribution in [3.05, 3.63) is 59.0 Å². The third-order valence-electron chi connectivity index (χ3n) is 5.29. The number of aromatic amines is 1. The van der Waals surface area contributed by atoms with Crippen molar-refractivity contribution >= 4 is 22.4 Å². The molecule has 1 aliphatic heterocycles. The lowest BCUT2D eigenvalue weighted by Crippen LogP contribution is -2.44. The van der Waals surface area contributed by atoms with Crippen molar-refractivity contribution in [2.24, 2.45) is 0 Å². The largest absolute Gasteiger partial charge is 0.355 e. The summed E-state index contributed by atoms with van der Waals surface area (Å²) in [5.41, 5.74) is 3.82. The van der Waals surface area contributed by atoms with Gasteiger partial charge < -0.3 is 20.1 Å². The highest BCUT2D eigenvalue weighted by atomic mass is 16.1. The number of H-pyrrole nitrogens is 1. The van der Waals surface area contributed by atoms with E-state index in [2.05, 4.69) is 27.1 Å². The van der Waals surface area contributed by atoms with Gasteiger partial charge in [0.2, 0.25) is 0 Å². The van der Waals surface area contributed by atoms with Gasteiger partial charge >= 0.3 is 5.69 Å². The smallest absolute Gasteiger partial charge is 0.326 e. The highest BCUT2D eigenvalue weighted by molar-refractivity contribution is 5.80. The van der Waals surface area contributed by atoms with Gasteiger partial charge in [0.05, 0.1) is 11.0 Å². The lowest BCUT2D eigenvalue weighted by molar-refractivity contribution is 0.151. The van der Waals surface area contributed by atoms with Crippen LogP contribution in [0.25, 0.3) is 11.0 Å². The quantitative estimate of drug-likeness (QED) is 0.705. The number of aromatic nitrogens is 2. The fourth-order valence-corrected chi connectivity index (χ4v) is 3.68. The van der Waals surface area contributed by atoms with Crippen LogP contribution >= 0.6 is 0 Å². The predicted molar refractivity (Wildman–Crippen MR) is 111 cm³/mol. The van der Waals surface area contributed by atoms with Gasteiger partial charge in [0.1, 0.15) is 0 Å². The molecule has 0 atom stereocenters. The maximum Gasteiger partial charge on any atom is 0.326 e. The lowest BCUT2D eigenvalue weighted by Gasteiger charge is -2.32. The highest BCUT2D eigenvalue weighted by Gasteiger charge is 2.14. The van der Waals surface area contributed by atoms with Crippen LogP contribution in [0.15, 0.2) is 53.3 Å². The Morgan fingerprint density at radius 2 is 1.74 bits per heavy atom. The van der Waals surface area contributed by atoms with Crippen molar-refractivity contribution in [1.82, 2.24) is 19.4 Å². The Labute approximate surface area is 159 Å². The molecule has 0 spiro atoms. The number of likely N-dealkylation sites (N-methyl/N-ethyl adjacent to an activating group) is 1. The summed E-state index contributed by atoms with van der Waals surface area (Å²) in [6, 6.07) is 16.1. The van der Waals surface area contributed by atoms with Crippen LogP contribution in [-0.4, -0.2) is 59.1 Å². The minimum Gasteiger partial charge on any atom is -0.355 e. The average Bonchev–Trinajstić information content (AvgIpc) is 2.99. The molecule has 2 heterocycles. The van der Waals surface area contributed by atoms with Gasteiger partial charge in [-0.3, -0.25) is 4.57 Å². The summed E-state index contributed by atoms with van der Waals surface area (Å²) in [6.45, 7) is 6.29. The summed E-state index contributed by atoms with van der Waals surface area (Å²) in [5, 5.41) is 3.37. The molecule has 4 rings (SSSR count). The molecule has 3 aromatic rings. The van der Waals surface area contributed by atoms with Crippen molar-refractivity contribution in [2.45, 2.75) is 13.0 Å². The number of imidazole rings is 1. The zero-order valence-electron chi connectivity index (χ0n) is 15.8. The second kappa shape index (κ2) is 7.98. The first-order chi connectivity index (χ1) is 13.2. The molecule has 1 aliphatic rings. The van der Waals surface area contributed by atoms with E-state index < -0.39 is 0 Å². The minimum atomic E-state index is -0.0276. The predicted octanol–water partition coefficient (Wildman–Crippen LogP) is 2.71. The Bertz CT molecular complexity index is 938. The second-order valence-corrected chi connectivity index (χ2v) is 7.30. The van der Waals surface area contributed by atoms with Crippen molar-refractivity contribution in [3.8, 4) is 0 Å². The van der Waals surface area contributed by atoms with E-state index in [0.717, 1.165) is 68.1 Å². The average molecular weight is 365 g/mol. The minimum absolute atomic E-state index is 0.0276. The van der Waals surface area contributed by atoms with Crippen molar-refractivity contribution in [1.29, 1.82) is 0 Å². The topological polar surface area (TPSA) is 56.3 Å². The molecular formula is C21H27N5O. The molecule has 0 bridgehead atoms.